The number of alkyl halides is 2. The minimum atomic E-state index is -4.18. The van der Waals surface area contributed by atoms with Gasteiger partial charge in [-0.05, 0) is 71.7 Å². The molecule has 0 unspecified atom stereocenters. The Bertz CT molecular complexity index is 1550. The molecule has 0 spiro atoms. The van der Waals surface area contributed by atoms with Crippen LogP contribution < -0.4 is 4.74 Å². The van der Waals surface area contributed by atoms with Gasteiger partial charge in [0.15, 0.2) is 17.5 Å². The zero-order valence-electron chi connectivity index (χ0n) is 20.7. The zero-order chi connectivity index (χ0) is 29.2. The fourth-order valence-corrected chi connectivity index (χ4v) is 4.01. The van der Waals surface area contributed by atoms with E-state index in [-0.39, 0.29) is 17.2 Å². The number of ether oxygens (including phenoxy) is 1. The van der Waals surface area contributed by atoms with Crippen molar-refractivity contribution in [3.05, 3.63) is 119 Å². The van der Waals surface area contributed by atoms with E-state index in [0.29, 0.717) is 36.3 Å². The van der Waals surface area contributed by atoms with Gasteiger partial charge in [0.2, 0.25) is 0 Å². The molecule has 40 heavy (non-hydrogen) atoms. The van der Waals surface area contributed by atoms with E-state index < -0.39 is 69.3 Å². The van der Waals surface area contributed by atoms with Crippen LogP contribution in [0.2, 0.25) is 0 Å². The summed E-state index contributed by atoms with van der Waals surface area (Å²) in [6, 6.07) is 9.13. The van der Waals surface area contributed by atoms with Crippen molar-refractivity contribution in [1.29, 1.82) is 0 Å². The number of rotatable bonds is 8. The standard InChI is InChI=1S/C30H19F9O/c1-2-3-16-4-6-20(23(31)10-16)17-11-24(32)22(25(33)12-17)8-9-30(38,39)40-19-5-7-21(26(34)15-19)18-13-27(35)29(37)28(36)14-18/h4-15H,2-3H2,1H3/b9-8+. The normalized spacial score (nSPS) is 11.8. The van der Waals surface area contributed by atoms with Crippen LogP contribution in [-0.4, -0.2) is 6.11 Å². The maximum atomic E-state index is 14.6. The van der Waals surface area contributed by atoms with Crippen LogP contribution in [0.25, 0.3) is 28.3 Å². The van der Waals surface area contributed by atoms with Crippen molar-refractivity contribution < 1.29 is 44.3 Å². The topological polar surface area (TPSA) is 9.23 Å². The minimum Gasteiger partial charge on any atom is -0.429 e. The molecule has 0 fully saturated rings. The third-order valence-electron chi connectivity index (χ3n) is 5.90. The van der Waals surface area contributed by atoms with Gasteiger partial charge in [-0.2, -0.15) is 8.78 Å². The molecular formula is C30H19F9O. The molecule has 10 heteroatoms. The lowest BCUT2D eigenvalue weighted by Crippen LogP contribution is -2.21. The van der Waals surface area contributed by atoms with Gasteiger partial charge in [0.25, 0.3) is 0 Å². The molecule has 4 rings (SSSR count). The van der Waals surface area contributed by atoms with Crippen molar-refractivity contribution in [2.45, 2.75) is 25.9 Å². The van der Waals surface area contributed by atoms with Crippen LogP contribution in [0.15, 0.2) is 66.7 Å². The second-order valence-electron chi connectivity index (χ2n) is 8.81. The first-order chi connectivity index (χ1) is 18.9. The van der Waals surface area contributed by atoms with Gasteiger partial charge >= 0.3 is 6.11 Å². The van der Waals surface area contributed by atoms with Gasteiger partial charge < -0.3 is 4.74 Å². The van der Waals surface area contributed by atoms with Crippen LogP contribution in [0.3, 0.4) is 0 Å². The van der Waals surface area contributed by atoms with E-state index in [1.807, 2.05) is 6.92 Å². The molecule has 0 radical (unpaired) electrons. The third-order valence-corrected chi connectivity index (χ3v) is 5.90. The molecular weight excluding hydrogens is 547 g/mol. The summed E-state index contributed by atoms with van der Waals surface area (Å²) >= 11 is 0. The van der Waals surface area contributed by atoms with E-state index in [1.165, 1.54) is 12.1 Å². The van der Waals surface area contributed by atoms with Crippen molar-refractivity contribution in [3.63, 3.8) is 0 Å². The maximum Gasteiger partial charge on any atom is 0.419 e. The molecule has 0 aromatic heterocycles. The first-order valence-electron chi connectivity index (χ1n) is 11.9. The maximum absolute atomic E-state index is 14.6. The number of hydrogen-bond acceptors (Lipinski definition) is 1. The van der Waals surface area contributed by atoms with Crippen molar-refractivity contribution in [3.8, 4) is 28.0 Å². The van der Waals surface area contributed by atoms with Crippen LogP contribution in [0, 0.1) is 40.7 Å². The Kier molecular flexibility index (Phi) is 8.27. The molecule has 0 saturated carbocycles. The van der Waals surface area contributed by atoms with Crippen molar-refractivity contribution in [2.24, 2.45) is 0 Å². The molecule has 0 aliphatic carbocycles. The molecule has 4 aromatic carbocycles. The van der Waals surface area contributed by atoms with Crippen LogP contribution in [-0.2, 0) is 6.42 Å². The molecule has 0 amide bonds. The molecule has 0 saturated heterocycles. The van der Waals surface area contributed by atoms with E-state index in [1.54, 1.807) is 6.07 Å². The van der Waals surface area contributed by atoms with Crippen LogP contribution in [0.1, 0.15) is 24.5 Å². The molecule has 1 nitrogen and oxygen atoms in total. The fourth-order valence-electron chi connectivity index (χ4n) is 4.01. The largest absolute Gasteiger partial charge is 0.429 e. The summed E-state index contributed by atoms with van der Waals surface area (Å²) in [7, 11) is 0. The average Bonchev–Trinajstić information content (AvgIpc) is 2.86. The molecule has 0 atom stereocenters. The van der Waals surface area contributed by atoms with Gasteiger partial charge in [0.1, 0.15) is 29.0 Å². The second-order valence-corrected chi connectivity index (χ2v) is 8.81. The molecule has 0 aliphatic heterocycles. The number of hydrogen-bond donors (Lipinski definition) is 0. The van der Waals surface area contributed by atoms with Crippen molar-refractivity contribution in [1.82, 2.24) is 0 Å². The van der Waals surface area contributed by atoms with Gasteiger partial charge in [-0.25, -0.2) is 30.7 Å². The lowest BCUT2D eigenvalue weighted by molar-refractivity contribution is -0.131. The monoisotopic (exact) mass is 566 g/mol. The smallest absolute Gasteiger partial charge is 0.419 e. The summed E-state index contributed by atoms with van der Waals surface area (Å²) in [4.78, 5) is 0. The number of aryl methyl sites for hydroxylation is 1. The van der Waals surface area contributed by atoms with E-state index in [2.05, 4.69) is 4.74 Å². The Labute approximate surface area is 223 Å². The van der Waals surface area contributed by atoms with Gasteiger partial charge in [0, 0.05) is 28.8 Å². The predicted octanol–water partition coefficient (Wildman–Crippen LogP) is 9.63. The molecule has 0 aliphatic rings. The Morgan fingerprint density at radius 3 is 1.70 bits per heavy atom. The summed E-state index contributed by atoms with van der Waals surface area (Å²) < 4.78 is 132. The minimum absolute atomic E-state index is 0.0326. The second kappa shape index (κ2) is 11.5. The first kappa shape index (κ1) is 28.8. The highest BCUT2D eigenvalue weighted by Gasteiger charge is 2.29. The summed E-state index contributed by atoms with van der Waals surface area (Å²) in [6.45, 7) is 1.91. The lowest BCUT2D eigenvalue weighted by Gasteiger charge is -2.15. The van der Waals surface area contributed by atoms with Crippen molar-refractivity contribution >= 4 is 6.08 Å². The highest BCUT2D eigenvalue weighted by molar-refractivity contribution is 5.68. The SMILES string of the molecule is CCCc1ccc(-c2cc(F)c(/C=C/C(F)(F)Oc3ccc(-c4cc(F)c(F)c(F)c4)c(F)c3)c(F)c2)c(F)c1. The molecule has 0 N–H and O–H groups in total. The number of halogens is 9. The van der Waals surface area contributed by atoms with Crippen molar-refractivity contribution in [2.75, 3.05) is 0 Å². The summed E-state index contributed by atoms with van der Waals surface area (Å²) in [5.74, 6) is -10.0. The Hall–Kier alpha value is -4.21. The van der Waals surface area contributed by atoms with Gasteiger partial charge in [0.05, 0.1) is 0 Å². The average molecular weight is 566 g/mol. The van der Waals surface area contributed by atoms with Gasteiger partial charge in [-0.3, -0.25) is 0 Å². The van der Waals surface area contributed by atoms with E-state index in [9.17, 15) is 39.5 Å². The van der Waals surface area contributed by atoms with Gasteiger partial charge in [-0.15, -0.1) is 0 Å². The Morgan fingerprint density at radius 2 is 1.18 bits per heavy atom. The molecule has 0 bridgehead atoms. The number of benzene rings is 4. The fraction of sp³-hybridized carbons (Fsp3) is 0.133. The summed E-state index contributed by atoms with van der Waals surface area (Å²) in [6.07, 6.45) is -2.34. The Morgan fingerprint density at radius 1 is 0.650 bits per heavy atom. The first-order valence-corrected chi connectivity index (χ1v) is 11.9. The van der Waals surface area contributed by atoms with E-state index in [4.69, 9.17) is 0 Å². The highest BCUT2D eigenvalue weighted by Crippen LogP contribution is 2.32. The zero-order valence-corrected chi connectivity index (χ0v) is 20.7. The quantitative estimate of drug-likeness (QED) is 0.152. The summed E-state index contributed by atoms with van der Waals surface area (Å²) in [5, 5.41) is 0. The lowest BCUT2D eigenvalue weighted by atomic mass is 9.99. The molecule has 4 aromatic rings. The van der Waals surface area contributed by atoms with E-state index in [0.717, 1.165) is 30.7 Å². The molecule has 208 valence electrons. The summed E-state index contributed by atoms with van der Waals surface area (Å²) in [5.41, 5.74) is -1.16. The van der Waals surface area contributed by atoms with Crippen LogP contribution >= 0.6 is 0 Å². The van der Waals surface area contributed by atoms with Crippen LogP contribution in [0.5, 0.6) is 5.75 Å². The third kappa shape index (κ3) is 6.32. The van der Waals surface area contributed by atoms with Gasteiger partial charge in [-0.1, -0.05) is 25.5 Å². The Balaban J connectivity index is 1.54. The van der Waals surface area contributed by atoms with Crippen LogP contribution in [0.4, 0.5) is 39.5 Å². The highest BCUT2D eigenvalue weighted by atomic mass is 19.3. The van der Waals surface area contributed by atoms with E-state index >= 15 is 0 Å². The molecule has 0 heterocycles. The predicted molar refractivity (Wildman–Crippen MR) is 132 cm³/mol.